The van der Waals surface area contributed by atoms with Crippen molar-refractivity contribution < 1.29 is 12.4 Å². The summed E-state index contributed by atoms with van der Waals surface area (Å²) < 4.78 is 2.09. The van der Waals surface area contributed by atoms with E-state index in [1.165, 1.54) is 0 Å². The molecule has 0 saturated carbocycles. The van der Waals surface area contributed by atoms with Crippen molar-refractivity contribution in [3.8, 4) is 0 Å². The Labute approximate surface area is 114 Å². The lowest BCUT2D eigenvalue weighted by atomic mass is 10.3. The highest BCUT2D eigenvalue weighted by atomic mass is 35.5. The number of hydrogen-bond acceptors (Lipinski definition) is 3. The molecule has 5 heteroatoms. The monoisotopic (exact) mass is 267 g/mol. The standard InChI is InChI=1S/C13H20N4.ClH/c1-3-16(4-2)9-10-17-12-8-6-5-7-11(12)15-13(17)14;/h5-8H,3-4,9-10H2,1-2H3,(H2,14,15);1H/p-1. The molecule has 0 aliphatic heterocycles. The molecule has 0 amide bonds. The third-order valence-electron chi connectivity index (χ3n) is 3.22. The van der Waals surface area contributed by atoms with Crippen LogP contribution in [-0.4, -0.2) is 34.1 Å². The van der Waals surface area contributed by atoms with Crippen LogP contribution in [0.2, 0.25) is 0 Å². The first-order valence-electron chi connectivity index (χ1n) is 6.19. The number of anilines is 1. The van der Waals surface area contributed by atoms with Gasteiger partial charge < -0.3 is 27.6 Å². The number of aromatic nitrogens is 2. The molecule has 0 spiro atoms. The lowest BCUT2D eigenvalue weighted by Crippen LogP contribution is -3.00. The molecule has 2 aromatic rings. The Hall–Kier alpha value is -1.26. The van der Waals surface area contributed by atoms with E-state index in [4.69, 9.17) is 5.73 Å². The lowest BCUT2D eigenvalue weighted by molar-refractivity contribution is -0.00000377. The smallest absolute Gasteiger partial charge is 0.201 e. The van der Waals surface area contributed by atoms with Crippen molar-refractivity contribution in [1.82, 2.24) is 14.5 Å². The second kappa shape index (κ2) is 6.61. The summed E-state index contributed by atoms with van der Waals surface area (Å²) >= 11 is 0. The molecule has 2 N–H and O–H groups in total. The van der Waals surface area contributed by atoms with Gasteiger partial charge in [0.2, 0.25) is 5.95 Å². The number of nitrogens with zero attached hydrogens (tertiary/aromatic N) is 3. The summed E-state index contributed by atoms with van der Waals surface area (Å²) in [5.74, 6) is 0.610. The SMILES string of the molecule is CCN(CC)CCn1c(N)nc2ccccc21.[Cl-]. The quantitative estimate of drug-likeness (QED) is 0.753. The van der Waals surface area contributed by atoms with Crippen molar-refractivity contribution in [2.45, 2.75) is 20.4 Å². The van der Waals surface area contributed by atoms with Crippen molar-refractivity contribution in [2.75, 3.05) is 25.4 Å². The number of imidazole rings is 1. The molecule has 18 heavy (non-hydrogen) atoms. The van der Waals surface area contributed by atoms with Crippen LogP contribution >= 0.6 is 0 Å². The maximum Gasteiger partial charge on any atom is 0.201 e. The molecule has 2 rings (SSSR count). The number of hydrogen-bond donors (Lipinski definition) is 1. The van der Waals surface area contributed by atoms with E-state index < -0.39 is 0 Å². The first-order chi connectivity index (χ1) is 8.26. The maximum atomic E-state index is 5.96. The summed E-state index contributed by atoms with van der Waals surface area (Å²) in [4.78, 5) is 6.75. The predicted octanol–water partition coefficient (Wildman–Crippen LogP) is -1.04. The van der Waals surface area contributed by atoms with Crippen LogP contribution in [-0.2, 0) is 6.54 Å². The van der Waals surface area contributed by atoms with Crippen molar-refractivity contribution in [3.05, 3.63) is 24.3 Å². The zero-order valence-electron chi connectivity index (χ0n) is 10.9. The fourth-order valence-electron chi connectivity index (χ4n) is 2.11. The van der Waals surface area contributed by atoms with Crippen LogP contribution in [0.15, 0.2) is 24.3 Å². The molecule has 0 radical (unpaired) electrons. The van der Waals surface area contributed by atoms with E-state index in [0.717, 1.165) is 37.2 Å². The average molecular weight is 268 g/mol. The maximum absolute atomic E-state index is 5.96. The topological polar surface area (TPSA) is 47.1 Å². The largest absolute Gasteiger partial charge is 1.00 e. The number of halogens is 1. The van der Waals surface area contributed by atoms with Gasteiger partial charge in [-0.15, -0.1) is 0 Å². The van der Waals surface area contributed by atoms with Gasteiger partial charge in [-0.05, 0) is 25.2 Å². The molecule has 4 nitrogen and oxygen atoms in total. The fraction of sp³-hybridized carbons (Fsp3) is 0.462. The molecule has 0 bridgehead atoms. The van der Waals surface area contributed by atoms with Crippen LogP contribution in [0.5, 0.6) is 0 Å². The zero-order chi connectivity index (χ0) is 12.3. The Balaban J connectivity index is 0.00000162. The van der Waals surface area contributed by atoms with E-state index in [1.807, 2.05) is 18.2 Å². The third kappa shape index (κ3) is 2.94. The van der Waals surface area contributed by atoms with Gasteiger partial charge in [-0.3, -0.25) is 0 Å². The summed E-state index contributed by atoms with van der Waals surface area (Å²) in [7, 11) is 0. The Kier molecular flexibility index (Phi) is 5.44. The number of fused-ring (bicyclic) bond motifs is 1. The Bertz CT molecular complexity index is 491. The van der Waals surface area contributed by atoms with Crippen LogP contribution in [0, 0.1) is 0 Å². The molecule has 0 unspecified atom stereocenters. The first kappa shape index (κ1) is 14.8. The average Bonchev–Trinajstić information content (AvgIpc) is 2.67. The van der Waals surface area contributed by atoms with Crippen molar-refractivity contribution in [1.29, 1.82) is 0 Å². The molecule has 1 aromatic heterocycles. The summed E-state index contributed by atoms with van der Waals surface area (Å²) in [6, 6.07) is 8.08. The van der Waals surface area contributed by atoms with Crippen LogP contribution in [0.1, 0.15) is 13.8 Å². The van der Waals surface area contributed by atoms with Gasteiger partial charge in [-0.2, -0.15) is 0 Å². The number of para-hydroxylation sites is 2. The molecule has 0 aliphatic rings. The third-order valence-corrected chi connectivity index (χ3v) is 3.22. The second-order valence-electron chi connectivity index (χ2n) is 4.14. The first-order valence-corrected chi connectivity index (χ1v) is 6.19. The van der Waals surface area contributed by atoms with E-state index in [9.17, 15) is 0 Å². The predicted molar refractivity (Wildman–Crippen MR) is 71.9 cm³/mol. The number of rotatable bonds is 5. The van der Waals surface area contributed by atoms with Crippen LogP contribution in [0.25, 0.3) is 11.0 Å². The highest BCUT2D eigenvalue weighted by Gasteiger charge is 2.08. The molecule has 0 atom stereocenters. The number of benzene rings is 1. The minimum atomic E-state index is 0. The van der Waals surface area contributed by atoms with Crippen molar-refractivity contribution >= 4 is 17.0 Å². The number of nitrogen functional groups attached to an aromatic ring is 1. The summed E-state index contributed by atoms with van der Waals surface area (Å²) in [6.45, 7) is 8.41. The normalized spacial score (nSPS) is 10.8. The van der Waals surface area contributed by atoms with Gasteiger partial charge in [0.15, 0.2) is 0 Å². The van der Waals surface area contributed by atoms with Gasteiger partial charge in [0, 0.05) is 13.1 Å². The van der Waals surface area contributed by atoms with Gasteiger partial charge in [-0.25, -0.2) is 4.98 Å². The van der Waals surface area contributed by atoms with E-state index in [-0.39, 0.29) is 12.4 Å². The molecule has 1 heterocycles. The number of nitrogens with two attached hydrogens (primary N) is 1. The molecule has 1 aromatic carbocycles. The lowest BCUT2D eigenvalue weighted by Gasteiger charge is -2.18. The van der Waals surface area contributed by atoms with Gasteiger partial charge in [0.1, 0.15) is 0 Å². The molecular formula is C13H20ClN4-. The fourth-order valence-corrected chi connectivity index (χ4v) is 2.11. The van der Waals surface area contributed by atoms with E-state index in [1.54, 1.807) is 0 Å². The Morgan fingerprint density at radius 3 is 2.56 bits per heavy atom. The highest BCUT2D eigenvalue weighted by Crippen LogP contribution is 2.16. The van der Waals surface area contributed by atoms with E-state index in [0.29, 0.717) is 5.95 Å². The summed E-state index contributed by atoms with van der Waals surface area (Å²) in [5.41, 5.74) is 8.05. The molecule has 0 aliphatic carbocycles. The highest BCUT2D eigenvalue weighted by molar-refractivity contribution is 5.78. The summed E-state index contributed by atoms with van der Waals surface area (Å²) in [5, 5.41) is 0. The van der Waals surface area contributed by atoms with Gasteiger partial charge in [-0.1, -0.05) is 26.0 Å². The van der Waals surface area contributed by atoms with Crippen LogP contribution in [0.4, 0.5) is 5.95 Å². The minimum absolute atomic E-state index is 0. The Morgan fingerprint density at radius 2 is 1.89 bits per heavy atom. The van der Waals surface area contributed by atoms with Gasteiger partial charge >= 0.3 is 0 Å². The van der Waals surface area contributed by atoms with E-state index in [2.05, 4.69) is 34.4 Å². The van der Waals surface area contributed by atoms with Gasteiger partial charge in [0.25, 0.3) is 0 Å². The molecule has 100 valence electrons. The minimum Gasteiger partial charge on any atom is -1.00 e. The van der Waals surface area contributed by atoms with Gasteiger partial charge in [0.05, 0.1) is 11.0 Å². The van der Waals surface area contributed by atoms with Crippen molar-refractivity contribution in [3.63, 3.8) is 0 Å². The molecule has 0 fully saturated rings. The Morgan fingerprint density at radius 1 is 1.22 bits per heavy atom. The van der Waals surface area contributed by atoms with Crippen LogP contribution < -0.4 is 18.1 Å². The van der Waals surface area contributed by atoms with Crippen molar-refractivity contribution in [2.24, 2.45) is 0 Å². The second-order valence-corrected chi connectivity index (χ2v) is 4.14. The van der Waals surface area contributed by atoms with Crippen LogP contribution in [0.3, 0.4) is 0 Å². The summed E-state index contributed by atoms with van der Waals surface area (Å²) in [6.07, 6.45) is 0. The molecular weight excluding hydrogens is 248 g/mol. The van der Waals surface area contributed by atoms with E-state index >= 15 is 0 Å². The zero-order valence-corrected chi connectivity index (χ0v) is 11.7. The number of likely N-dealkylation sites (N-methyl/N-ethyl adjacent to an activating group) is 1. The molecule has 0 saturated heterocycles.